The second-order valence-electron chi connectivity index (χ2n) is 7.37. The minimum atomic E-state index is -0.350. The number of halogens is 1. The zero-order valence-corrected chi connectivity index (χ0v) is 15.1. The lowest BCUT2D eigenvalue weighted by atomic mass is 9.88. The number of phenolic OH excluding ortho intramolecular Hbond substituents is 1. The number of carbonyl (C=O) groups is 1. The molecule has 27 heavy (non-hydrogen) atoms. The van der Waals surface area contributed by atoms with Gasteiger partial charge in [-0.2, -0.15) is 0 Å². The van der Waals surface area contributed by atoms with Crippen molar-refractivity contribution >= 4 is 11.6 Å². The van der Waals surface area contributed by atoms with Gasteiger partial charge in [-0.15, -0.1) is 0 Å². The topological polar surface area (TPSA) is 53.0 Å². The maximum absolute atomic E-state index is 13.2. The lowest BCUT2D eigenvalue weighted by molar-refractivity contribution is -0.144. The van der Waals surface area contributed by atoms with Crippen LogP contribution in [0.4, 0.5) is 10.1 Å². The molecule has 4 rings (SSSR count). The van der Waals surface area contributed by atoms with Gasteiger partial charge in [0.15, 0.2) is 0 Å². The molecule has 0 bridgehead atoms. The van der Waals surface area contributed by atoms with E-state index in [0.717, 1.165) is 38.0 Å². The fourth-order valence-electron chi connectivity index (χ4n) is 3.91. The van der Waals surface area contributed by atoms with Crippen LogP contribution in [0.25, 0.3) is 0 Å². The third-order valence-corrected chi connectivity index (χ3v) is 5.47. The van der Waals surface area contributed by atoms with Gasteiger partial charge in [0.2, 0.25) is 0 Å². The number of carbonyl (C=O) groups excluding carboxylic acids is 1. The van der Waals surface area contributed by atoms with Crippen LogP contribution in [0, 0.1) is 5.82 Å². The number of piperidine rings is 1. The van der Waals surface area contributed by atoms with E-state index >= 15 is 0 Å². The van der Waals surface area contributed by atoms with Crippen molar-refractivity contribution in [1.29, 1.82) is 0 Å². The van der Waals surface area contributed by atoms with E-state index in [0.29, 0.717) is 12.2 Å². The average molecular weight is 370 g/mol. The minimum Gasteiger partial charge on any atom is -0.508 e. The predicted molar refractivity (Wildman–Crippen MR) is 100 cm³/mol. The average Bonchev–Trinajstić information content (AvgIpc) is 2.67. The van der Waals surface area contributed by atoms with Crippen molar-refractivity contribution in [1.82, 2.24) is 4.90 Å². The van der Waals surface area contributed by atoms with Gasteiger partial charge in [-0.25, -0.2) is 4.39 Å². The van der Waals surface area contributed by atoms with Crippen molar-refractivity contribution in [3.8, 4) is 5.75 Å². The van der Waals surface area contributed by atoms with Crippen molar-refractivity contribution in [2.45, 2.75) is 25.0 Å². The monoisotopic (exact) mass is 370 g/mol. The SMILES string of the molecule is O=C1COC2(CCN(Cc3cccc(O)c3)CC2)CN1c1ccc(F)cc1. The first-order chi connectivity index (χ1) is 13.0. The van der Waals surface area contributed by atoms with Gasteiger partial charge in [0, 0.05) is 25.3 Å². The van der Waals surface area contributed by atoms with Crippen molar-refractivity contribution in [3.63, 3.8) is 0 Å². The molecule has 0 saturated carbocycles. The smallest absolute Gasteiger partial charge is 0.253 e. The summed E-state index contributed by atoms with van der Waals surface area (Å²) in [4.78, 5) is 16.4. The molecule has 2 fully saturated rings. The Morgan fingerprint density at radius 2 is 1.85 bits per heavy atom. The minimum absolute atomic E-state index is 0.0595. The molecule has 6 heteroatoms. The summed E-state index contributed by atoms with van der Waals surface area (Å²) in [7, 11) is 0. The van der Waals surface area contributed by atoms with Crippen LogP contribution in [-0.4, -0.2) is 47.8 Å². The van der Waals surface area contributed by atoms with Crippen LogP contribution in [-0.2, 0) is 16.1 Å². The summed E-state index contributed by atoms with van der Waals surface area (Å²) < 4.78 is 19.2. The molecule has 2 heterocycles. The van der Waals surface area contributed by atoms with E-state index in [4.69, 9.17) is 4.74 Å². The molecule has 0 radical (unpaired) electrons. The van der Waals surface area contributed by atoms with Gasteiger partial charge in [0.05, 0.1) is 12.1 Å². The number of anilines is 1. The number of likely N-dealkylation sites (tertiary alicyclic amines) is 1. The van der Waals surface area contributed by atoms with Gasteiger partial charge in [0.1, 0.15) is 18.2 Å². The zero-order valence-electron chi connectivity index (χ0n) is 15.1. The second-order valence-corrected chi connectivity index (χ2v) is 7.37. The molecule has 0 atom stereocenters. The van der Waals surface area contributed by atoms with Gasteiger partial charge < -0.3 is 14.7 Å². The number of hydrogen-bond donors (Lipinski definition) is 1. The normalized spacial score (nSPS) is 20.2. The number of nitrogens with zero attached hydrogens (tertiary/aromatic N) is 2. The summed E-state index contributed by atoms with van der Waals surface area (Å²) in [5, 5.41) is 9.62. The van der Waals surface area contributed by atoms with Crippen LogP contribution in [0.3, 0.4) is 0 Å². The number of ether oxygens (including phenoxy) is 1. The third kappa shape index (κ3) is 3.96. The Kier molecular flexibility index (Phi) is 4.85. The molecule has 2 aliphatic heterocycles. The molecule has 0 aliphatic carbocycles. The van der Waals surface area contributed by atoms with Crippen LogP contribution in [0.2, 0.25) is 0 Å². The Balaban J connectivity index is 1.41. The summed E-state index contributed by atoms with van der Waals surface area (Å²) in [6, 6.07) is 13.4. The van der Waals surface area contributed by atoms with Crippen molar-refractivity contribution in [2.75, 3.05) is 31.1 Å². The molecule has 1 spiro atoms. The van der Waals surface area contributed by atoms with Crippen molar-refractivity contribution in [2.24, 2.45) is 0 Å². The van der Waals surface area contributed by atoms with Crippen LogP contribution < -0.4 is 4.90 Å². The highest BCUT2D eigenvalue weighted by Gasteiger charge is 2.42. The lowest BCUT2D eigenvalue weighted by Crippen LogP contribution is -2.58. The van der Waals surface area contributed by atoms with Gasteiger partial charge in [0.25, 0.3) is 5.91 Å². The third-order valence-electron chi connectivity index (χ3n) is 5.47. The van der Waals surface area contributed by atoms with Gasteiger partial charge in [-0.3, -0.25) is 9.69 Å². The Labute approximate surface area is 158 Å². The molecule has 2 saturated heterocycles. The highest BCUT2D eigenvalue weighted by molar-refractivity contribution is 5.95. The maximum atomic E-state index is 13.2. The van der Waals surface area contributed by atoms with E-state index in [1.165, 1.54) is 12.1 Å². The largest absolute Gasteiger partial charge is 0.508 e. The standard InChI is InChI=1S/C21H23FN2O3/c22-17-4-6-18(7-5-17)24-15-21(27-14-20(24)26)8-10-23(11-9-21)13-16-2-1-3-19(25)12-16/h1-7,12,25H,8-11,13-15H2. The number of rotatable bonds is 3. The molecule has 1 amide bonds. The quantitative estimate of drug-likeness (QED) is 0.903. The zero-order chi connectivity index (χ0) is 18.9. The summed E-state index contributed by atoms with van der Waals surface area (Å²) in [5.41, 5.74) is 1.45. The first-order valence-corrected chi connectivity index (χ1v) is 9.23. The van der Waals surface area contributed by atoms with Crippen molar-refractivity contribution in [3.05, 3.63) is 59.9 Å². The first-order valence-electron chi connectivity index (χ1n) is 9.23. The molecular weight excluding hydrogens is 347 g/mol. The Morgan fingerprint density at radius 1 is 1.11 bits per heavy atom. The van der Waals surface area contributed by atoms with Gasteiger partial charge >= 0.3 is 0 Å². The van der Waals surface area contributed by atoms with Gasteiger partial charge in [-0.05, 0) is 54.8 Å². The number of aromatic hydroxyl groups is 1. The number of morpholine rings is 1. The molecule has 2 aromatic rings. The first kappa shape index (κ1) is 17.9. The summed E-state index contributed by atoms with van der Waals surface area (Å²) in [5.74, 6) is -0.117. The van der Waals surface area contributed by atoms with E-state index < -0.39 is 0 Å². The lowest BCUT2D eigenvalue weighted by Gasteiger charge is -2.47. The molecule has 2 aliphatic rings. The van der Waals surface area contributed by atoms with Gasteiger partial charge in [-0.1, -0.05) is 12.1 Å². The summed E-state index contributed by atoms with van der Waals surface area (Å²) in [6.07, 6.45) is 1.66. The van der Waals surface area contributed by atoms with Crippen LogP contribution in [0.15, 0.2) is 48.5 Å². The fraction of sp³-hybridized carbons (Fsp3) is 0.381. The van der Waals surface area contributed by atoms with Crippen LogP contribution in [0.1, 0.15) is 18.4 Å². The highest BCUT2D eigenvalue weighted by atomic mass is 19.1. The predicted octanol–water partition coefficient (Wildman–Crippen LogP) is 2.93. The number of amides is 1. The fourth-order valence-corrected chi connectivity index (χ4v) is 3.91. The number of phenols is 1. The van der Waals surface area contributed by atoms with E-state index in [-0.39, 0.29) is 29.7 Å². The molecule has 0 unspecified atom stereocenters. The van der Waals surface area contributed by atoms with E-state index in [2.05, 4.69) is 4.90 Å². The molecule has 142 valence electrons. The Morgan fingerprint density at radius 3 is 2.56 bits per heavy atom. The Hall–Kier alpha value is -2.44. The van der Waals surface area contributed by atoms with Crippen molar-refractivity contribution < 1.29 is 19.0 Å². The molecular formula is C21H23FN2O3. The number of benzene rings is 2. The number of hydrogen-bond acceptors (Lipinski definition) is 4. The molecule has 1 N–H and O–H groups in total. The van der Waals surface area contributed by atoms with Crippen LogP contribution >= 0.6 is 0 Å². The molecule has 5 nitrogen and oxygen atoms in total. The van der Waals surface area contributed by atoms with E-state index in [1.807, 2.05) is 12.1 Å². The van der Waals surface area contributed by atoms with Crippen LogP contribution in [0.5, 0.6) is 5.75 Å². The Bertz CT molecular complexity index is 816. The highest BCUT2D eigenvalue weighted by Crippen LogP contribution is 2.33. The maximum Gasteiger partial charge on any atom is 0.253 e. The second kappa shape index (κ2) is 7.29. The molecule has 2 aromatic carbocycles. The van der Waals surface area contributed by atoms with E-state index in [9.17, 15) is 14.3 Å². The van der Waals surface area contributed by atoms with E-state index in [1.54, 1.807) is 29.2 Å². The summed E-state index contributed by atoms with van der Waals surface area (Å²) >= 11 is 0. The molecule has 0 aromatic heterocycles. The summed E-state index contributed by atoms with van der Waals surface area (Å²) in [6.45, 7) is 3.06.